The van der Waals surface area contributed by atoms with Crippen molar-refractivity contribution in [2.45, 2.75) is 32.9 Å². The Kier molecular flexibility index (Phi) is 5.82. The van der Waals surface area contributed by atoms with E-state index in [9.17, 15) is 9.18 Å². The molecule has 1 aliphatic rings. The second-order valence-corrected chi connectivity index (χ2v) is 6.85. The van der Waals surface area contributed by atoms with Crippen LogP contribution in [-0.4, -0.2) is 23.9 Å². The minimum absolute atomic E-state index is 0.0261. The molecule has 25 heavy (non-hydrogen) atoms. The van der Waals surface area contributed by atoms with E-state index in [1.807, 2.05) is 24.3 Å². The van der Waals surface area contributed by atoms with Crippen molar-refractivity contribution in [2.24, 2.45) is 5.92 Å². The van der Waals surface area contributed by atoms with E-state index < -0.39 is 0 Å². The maximum atomic E-state index is 13.0. The Bertz CT molecular complexity index is 714. The van der Waals surface area contributed by atoms with Crippen LogP contribution in [0.4, 0.5) is 4.39 Å². The summed E-state index contributed by atoms with van der Waals surface area (Å²) in [5.74, 6) is -0.0545. The standard InChI is InChI=1S/C21H25FN2O/c1-16-5-2-3-6-18(16)13-23-21(25)19-7-4-12-24(15-19)14-17-8-10-20(22)11-9-17/h2-3,5-6,8-11,19H,4,7,12-15H2,1H3,(H,23,25). The zero-order valence-electron chi connectivity index (χ0n) is 14.7. The minimum Gasteiger partial charge on any atom is -0.352 e. The molecule has 0 aliphatic carbocycles. The highest BCUT2D eigenvalue weighted by molar-refractivity contribution is 5.79. The van der Waals surface area contributed by atoms with Gasteiger partial charge < -0.3 is 5.32 Å². The van der Waals surface area contributed by atoms with E-state index in [0.717, 1.165) is 43.6 Å². The summed E-state index contributed by atoms with van der Waals surface area (Å²) in [6, 6.07) is 14.7. The van der Waals surface area contributed by atoms with Crippen molar-refractivity contribution in [2.75, 3.05) is 13.1 Å². The van der Waals surface area contributed by atoms with Gasteiger partial charge in [0.15, 0.2) is 0 Å². The SMILES string of the molecule is Cc1ccccc1CNC(=O)C1CCCN(Cc2ccc(F)cc2)C1. The van der Waals surface area contributed by atoms with Crippen LogP contribution in [0.25, 0.3) is 0 Å². The Morgan fingerprint density at radius 2 is 1.96 bits per heavy atom. The first-order valence-electron chi connectivity index (χ1n) is 8.91. The number of nitrogens with zero attached hydrogens (tertiary/aromatic N) is 1. The number of aryl methyl sites for hydroxylation is 1. The van der Waals surface area contributed by atoms with E-state index in [0.29, 0.717) is 6.54 Å². The lowest BCUT2D eigenvalue weighted by atomic mass is 9.96. The topological polar surface area (TPSA) is 32.3 Å². The van der Waals surface area contributed by atoms with Crippen LogP contribution in [0.5, 0.6) is 0 Å². The average Bonchev–Trinajstić information content (AvgIpc) is 2.63. The number of benzene rings is 2. The monoisotopic (exact) mass is 340 g/mol. The Hall–Kier alpha value is -2.20. The maximum Gasteiger partial charge on any atom is 0.224 e. The minimum atomic E-state index is -0.212. The van der Waals surface area contributed by atoms with Crippen LogP contribution in [0.3, 0.4) is 0 Å². The summed E-state index contributed by atoms with van der Waals surface area (Å²) < 4.78 is 13.0. The number of likely N-dealkylation sites (tertiary alicyclic amines) is 1. The van der Waals surface area contributed by atoms with Crippen LogP contribution in [0.15, 0.2) is 48.5 Å². The summed E-state index contributed by atoms with van der Waals surface area (Å²) in [4.78, 5) is 14.8. The number of hydrogen-bond donors (Lipinski definition) is 1. The Morgan fingerprint density at radius 1 is 1.20 bits per heavy atom. The van der Waals surface area contributed by atoms with Crippen molar-refractivity contribution in [1.82, 2.24) is 10.2 Å². The van der Waals surface area contributed by atoms with Crippen LogP contribution in [0.2, 0.25) is 0 Å². The highest BCUT2D eigenvalue weighted by Crippen LogP contribution is 2.19. The molecule has 4 heteroatoms. The zero-order chi connectivity index (χ0) is 17.6. The summed E-state index contributed by atoms with van der Waals surface area (Å²) in [5.41, 5.74) is 3.45. The smallest absolute Gasteiger partial charge is 0.224 e. The third kappa shape index (κ3) is 4.89. The first-order valence-corrected chi connectivity index (χ1v) is 8.91. The Morgan fingerprint density at radius 3 is 2.72 bits per heavy atom. The molecule has 1 N–H and O–H groups in total. The van der Waals surface area contributed by atoms with E-state index >= 15 is 0 Å². The summed E-state index contributed by atoms with van der Waals surface area (Å²) in [6.45, 7) is 5.16. The summed E-state index contributed by atoms with van der Waals surface area (Å²) in [7, 11) is 0. The summed E-state index contributed by atoms with van der Waals surface area (Å²) in [5, 5.41) is 3.09. The lowest BCUT2D eigenvalue weighted by Gasteiger charge is -2.32. The van der Waals surface area contributed by atoms with E-state index in [1.54, 1.807) is 0 Å². The number of amides is 1. The third-order valence-corrected chi connectivity index (χ3v) is 4.91. The predicted molar refractivity (Wildman–Crippen MR) is 97.4 cm³/mol. The van der Waals surface area contributed by atoms with Crippen molar-refractivity contribution >= 4 is 5.91 Å². The fourth-order valence-electron chi connectivity index (χ4n) is 3.40. The van der Waals surface area contributed by atoms with Crippen molar-refractivity contribution in [1.29, 1.82) is 0 Å². The van der Waals surface area contributed by atoms with Crippen molar-refractivity contribution < 1.29 is 9.18 Å². The molecule has 0 aromatic heterocycles. The van der Waals surface area contributed by atoms with Gasteiger partial charge in [0.25, 0.3) is 0 Å². The number of nitrogens with one attached hydrogen (secondary N) is 1. The van der Waals surface area contributed by atoms with Crippen molar-refractivity contribution in [3.05, 3.63) is 71.0 Å². The molecule has 132 valence electrons. The van der Waals surface area contributed by atoms with E-state index in [-0.39, 0.29) is 17.6 Å². The lowest BCUT2D eigenvalue weighted by Crippen LogP contribution is -2.42. The number of carbonyl (C=O) groups excluding carboxylic acids is 1. The molecule has 1 aliphatic heterocycles. The first-order chi connectivity index (χ1) is 12.1. The molecule has 1 saturated heterocycles. The molecule has 2 aromatic rings. The van der Waals surface area contributed by atoms with Crippen LogP contribution < -0.4 is 5.32 Å². The maximum absolute atomic E-state index is 13.0. The molecule has 1 amide bonds. The molecular weight excluding hydrogens is 315 g/mol. The van der Waals surface area contributed by atoms with Gasteiger partial charge in [-0.2, -0.15) is 0 Å². The highest BCUT2D eigenvalue weighted by Gasteiger charge is 2.25. The largest absolute Gasteiger partial charge is 0.352 e. The van der Waals surface area contributed by atoms with Gasteiger partial charge in [-0.1, -0.05) is 36.4 Å². The third-order valence-electron chi connectivity index (χ3n) is 4.91. The van der Waals surface area contributed by atoms with Gasteiger partial charge in [0, 0.05) is 19.6 Å². The molecular formula is C21H25FN2O. The molecule has 1 unspecified atom stereocenters. The van der Waals surface area contributed by atoms with Gasteiger partial charge >= 0.3 is 0 Å². The molecule has 2 aromatic carbocycles. The second kappa shape index (κ2) is 8.26. The molecule has 0 radical (unpaired) electrons. The quantitative estimate of drug-likeness (QED) is 0.901. The number of halogens is 1. The number of carbonyl (C=O) groups is 1. The molecule has 3 nitrogen and oxygen atoms in total. The molecule has 1 atom stereocenters. The zero-order valence-corrected chi connectivity index (χ0v) is 14.7. The Labute approximate surface area is 148 Å². The van der Waals surface area contributed by atoms with Gasteiger partial charge in [-0.15, -0.1) is 0 Å². The van der Waals surface area contributed by atoms with Crippen molar-refractivity contribution in [3.8, 4) is 0 Å². The number of rotatable bonds is 5. The fourth-order valence-corrected chi connectivity index (χ4v) is 3.40. The van der Waals surface area contributed by atoms with E-state index in [1.165, 1.54) is 17.7 Å². The van der Waals surface area contributed by atoms with Gasteiger partial charge in [0.1, 0.15) is 5.82 Å². The molecule has 1 heterocycles. The van der Waals surface area contributed by atoms with Gasteiger partial charge in [0.05, 0.1) is 5.92 Å². The van der Waals surface area contributed by atoms with Crippen LogP contribution in [0.1, 0.15) is 29.5 Å². The first kappa shape index (κ1) is 17.6. The average molecular weight is 340 g/mol. The van der Waals surface area contributed by atoms with E-state index in [4.69, 9.17) is 0 Å². The Balaban J connectivity index is 1.52. The van der Waals surface area contributed by atoms with Gasteiger partial charge in [0.2, 0.25) is 5.91 Å². The van der Waals surface area contributed by atoms with Crippen molar-refractivity contribution in [3.63, 3.8) is 0 Å². The second-order valence-electron chi connectivity index (χ2n) is 6.85. The van der Waals surface area contributed by atoms with Crippen LogP contribution in [-0.2, 0) is 17.9 Å². The molecule has 0 bridgehead atoms. The highest BCUT2D eigenvalue weighted by atomic mass is 19.1. The molecule has 1 fully saturated rings. The predicted octanol–water partition coefficient (Wildman–Crippen LogP) is 3.66. The lowest BCUT2D eigenvalue weighted by molar-refractivity contribution is -0.126. The molecule has 0 saturated carbocycles. The fraction of sp³-hybridized carbons (Fsp3) is 0.381. The molecule has 3 rings (SSSR count). The number of hydrogen-bond acceptors (Lipinski definition) is 2. The number of piperidine rings is 1. The van der Waals surface area contributed by atoms with Gasteiger partial charge in [-0.25, -0.2) is 4.39 Å². The van der Waals surface area contributed by atoms with Crippen LogP contribution in [0, 0.1) is 18.7 Å². The normalized spacial score (nSPS) is 18.1. The molecule has 0 spiro atoms. The van der Waals surface area contributed by atoms with Gasteiger partial charge in [-0.05, 0) is 55.1 Å². The van der Waals surface area contributed by atoms with Crippen LogP contribution >= 0.6 is 0 Å². The summed E-state index contributed by atoms with van der Waals surface area (Å²) >= 11 is 0. The van der Waals surface area contributed by atoms with Gasteiger partial charge in [-0.3, -0.25) is 9.69 Å². The van der Waals surface area contributed by atoms with E-state index in [2.05, 4.69) is 29.3 Å². The summed E-state index contributed by atoms with van der Waals surface area (Å²) in [6.07, 6.45) is 1.95.